The number of carbonyl (C=O) groups excluding carboxylic acids is 2. The van der Waals surface area contributed by atoms with Crippen LogP contribution >= 0.6 is 0 Å². The van der Waals surface area contributed by atoms with Gasteiger partial charge in [-0.1, -0.05) is 6.07 Å². The molecule has 1 fully saturated rings. The first-order valence-corrected chi connectivity index (χ1v) is 13.9. The number of ether oxygens (including phenoxy) is 1. The highest BCUT2D eigenvalue weighted by Gasteiger charge is 2.56. The van der Waals surface area contributed by atoms with Gasteiger partial charge >= 0.3 is 0 Å². The van der Waals surface area contributed by atoms with E-state index in [1.807, 2.05) is 19.0 Å². The first kappa shape index (κ1) is 28.9. The summed E-state index contributed by atoms with van der Waals surface area (Å²) < 4.78 is 51.0. The van der Waals surface area contributed by atoms with Gasteiger partial charge in [-0.25, -0.2) is 17.7 Å². The van der Waals surface area contributed by atoms with Crippen molar-refractivity contribution >= 4 is 28.7 Å². The smallest absolute Gasteiger partial charge is 0.240 e. The van der Waals surface area contributed by atoms with Gasteiger partial charge in [0.25, 0.3) is 0 Å². The minimum Gasteiger partial charge on any atom is -0.452 e. The molecule has 2 aromatic heterocycles. The number of anilines is 2. The number of rotatable bonds is 9. The van der Waals surface area contributed by atoms with Gasteiger partial charge in [0, 0.05) is 47.4 Å². The molecule has 224 valence electrons. The van der Waals surface area contributed by atoms with E-state index in [9.17, 15) is 14.0 Å². The molecule has 5 aromatic rings. The van der Waals surface area contributed by atoms with Crippen LogP contribution in [0, 0.1) is 22.9 Å². The predicted molar refractivity (Wildman–Crippen MR) is 160 cm³/mol. The van der Waals surface area contributed by atoms with E-state index in [1.165, 1.54) is 53.2 Å². The maximum atomic E-state index is 15.3. The molecule has 8 nitrogen and oxygen atoms in total. The second kappa shape index (κ2) is 11.5. The van der Waals surface area contributed by atoms with E-state index in [1.54, 1.807) is 30.5 Å². The summed E-state index contributed by atoms with van der Waals surface area (Å²) in [5, 5.41) is 9.54. The average molecular weight is 600 g/mol. The van der Waals surface area contributed by atoms with Gasteiger partial charge in [0.05, 0.1) is 6.20 Å². The standard InChI is InChI=1S/C33H28F3N5O3/c1-40(2)19-20-3-9-26(35)25(17-20)24-12-16-41-30(24)29(11-15-37-41)44-28-10-8-23(18-27(28)36)39-32(43)33(13-14-33)31(42)38-22-6-4-21(34)5-7-22/h3-12,15-18H,13-14,19H2,1-2H3,(H,38,42)(H,39,43). The lowest BCUT2D eigenvalue weighted by molar-refractivity contribution is -0.131. The SMILES string of the molecule is CN(C)Cc1ccc(F)c(-c2ccn3nccc(Oc4ccc(NC(=O)C5(C(=O)Nc6ccc(F)cc6)CC5)cc4F)c23)c1. The predicted octanol–water partition coefficient (Wildman–Crippen LogP) is 6.63. The largest absolute Gasteiger partial charge is 0.452 e. The lowest BCUT2D eigenvalue weighted by Gasteiger charge is -2.16. The van der Waals surface area contributed by atoms with Gasteiger partial charge in [0.2, 0.25) is 11.8 Å². The molecule has 0 spiro atoms. The summed E-state index contributed by atoms with van der Waals surface area (Å²) in [5.41, 5.74) is 1.47. The first-order chi connectivity index (χ1) is 21.1. The molecule has 6 rings (SSSR count). The Morgan fingerprint density at radius 1 is 0.841 bits per heavy atom. The molecule has 2 N–H and O–H groups in total. The normalized spacial score (nSPS) is 13.6. The van der Waals surface area contributed by atoms with Crippen LogP contribution in [0.25, 0.3) is 16.6 Å². The molecule has 44 heavy (non-hydrogen) atoms. The zero-order valence-electron chi connectivity index (χ0n) is 23.9. The molecular weight excluding hydrogens is 571 g/mol. The van der Waals surface area contributed by atoms with Gasteiger partial charge in [-0.15, -0.1) is 0 Å². The van der Waals surface area contributed by atoms with Gasteiger partial charge in [0.1, 0.15) is 22.6 Å². The highest BCUT2D eigenvalue weighted by Crippen LogP contribution is 2.47. The molecular formula is C33H28F3N5O3. The third-order valence-corrected chi connectivity index (χ3v) is 7.47. The van der Waals surface area contributed by atoms with Gasteiger partial charge in [-0.05, 0) is 87.1 Å². The van der Waals surface area contributed by atoms with Crippen molar-refractivity contribution < 1.29 is 27.5 Å². The van der Waals surface area contributed by atoms with Crippen molar-refractivity contribution in [2.24, 2.45) is 5.41 Å². The molecule has 1 saturated carbocycles. The molecule has 0 aliphatic heterocycles. The Kier molecular flexibility index (Phi) is 7.56. The Hall–Kier alpha value is -5.16. The Morgan fingerprint density at radius 2 is 1.55 bits per heavy atom. The summed E-state index contributed by atoms with van der Waals surface area (Å²) >= 11 is 0. The van der Waals surface area contributed by atoms with E-state index in [0.29, 0.717) is 41.7 Å². The topological polar surface area (TPSA) is 88.0 Å². The van der Waals surface area contributed by atoms with E-state index in [0.717, 1.165) is 11.6 Å². The van der Waals surface area contributed by atoms with Crippen LogP contribution in [0.4, 0.5) is 24.5 Å². The summed E-state index contributed by atoms with van der Waals surface area (Å²) in [7, 11) is 3.85. The van der Waals surface area contributed by atoms with Gasteiger partial charge in [0.15, 0.2) is 17.3 Å². The molecule has 0 atom stereocenters. The molecule has 2 heterocycles. The van der Waals surface area contributed by atoms with E-state index >= 15 is 8.78 Å². The number of nitrogens with zero attached hydrogens (tertiary/aromatic N) is 3. The van der Waals surface area contributed by atoms with Crippen LogP contribution in [-0.4, -0.2) is 40.4 Å². The van der Waals surface area contributed by atoms with Crippen LogP contribution in [0.3, 0.4) is 0 Å². The molecule has 0 bridgehead atoms. The fourth-order valence-corrected chi connectivity index (χ4v) is 5.05. The lowest BCUT2D eigenvalue weighted by Crippen LogP contribution is -2.35. The molecule has 11 heteroatoms. The number of aromatic nitrogens is 2. The van der Waals surface area contributed by atoms with Crippen molar-refractivity contribution in [1.29, 1.82) is 0 Å². The summed E-state index contributed by atoms with van der Waals surface area (Å²) in [6, 6.07) is 17.3. The number of hydrogen-bond acceptors (Lipinski definition) is 5. The van der Waals surface area contributed by atoms with E-state index in [2.05, 4.69) is 15.7 Å². The fraction of sp³-hybridized carbons (Fsp3) is 0.182. The van der Waals surface area contributed by atoms with Crippen molar-refractivity contribution in [2.45, 2.75) is 19.4 Å². The molecule has 2 amide bonds. The minimum atomic E-state index is -1.30. The number of hydrogen-bond donors (Lipinski definition) is 2. The van der Waals surface area contributed by atoms with Gasteiger partial charge in [-0.2, -0.15) is 5.10 Å². The van der Waals surface area contributed by atoms with Crippen molar-refractivity contribution in [3.63, 3.8) is 0 Å². The zero-order chi connectivity index (χ0) is 31.0. The summed E-state index contributed by atoms with van der Waals surface area (Å²) in [6.45, 7) is 0.620. The second-order valence-electron chi connectivity index (χ2n) is 11.0. The highest BCUT2D eigenvalue weighted by atomic mass is 19.1. The van der Waals surface area contributed by atoms with E-state index in [4.69, 9.17) is 4.74 Å². The van der Waals surface area contributed by atoms with Crippen LogP contribution in [0.5, 0.6) is 11.5 Å². The Morgan fingerprint density at radius 3 is 2.23 bits per heavy atom. The maximum absolute atomic E-state index is 15.3. The number of carbonyl (C=O) groups is 2. The molecule has 1 aliphatic rings. The number of nitrogens with one attached hydrogen (secondary N) is 2. The van der Waals surface area contributed by atoms with E-state index in [-0.39, 0.29) is 17.2 Å². The Balaban J connectivity index is 1.21. The van der Waals surface area contributed by atoms with Crippen molar-refractivity contribution in [1.82, 2.24) is 14.5 Å². The molecule has 0 radical (unpaired) electrons. The Labute approximate surface area is 251 Å². The van der Waals surface area contributed by atoms with Crippen LogP contribution < -0.4 is 15.4 Å². The number of fused-ring (bicyclic) bond motifs is 1. The van der Waals surface area contributed by atoms with Gasteiger partial charge in [-0.3, -0.25) is 9.59 Å². The number of halogens is 3. The van der Waals surface area contributed by atoms with Gasteiger partial charge < -0.3 is 20.3 Å². The monoisotopic (exact) mass is 599 g/mol. The number of benzene rings is 3. The van der Waals surface area contributed by atoms with E-state index < -0.39 is 34.7 Å². The number of amides is 2. The van der Waals surface area contributed by atoms with Crippen LogP contribution in [0.1, 0.15) is 18.4 Å². The average Bonchev–Trinajstić information content (AvgIpc) is 3.70. The Bertz CT molecular complexity index is 1880. The zero-order valence-corrected chi connectivity index (χ0v) is 23.9. The second-order valence-corrected chi connectivity index (χ2v) is 11.0. The third-order valence-electron chi connectivity index (χ3n) is 7.47. The fourth-order valence-electron chi connectivity index (χ4n) is 5.05. The summed E-state index contributed by atoms with van der Waals surface area (Å²) in [4.78, 5) is 27.9. The molecule has 1 aliphatic carbocycles. The van der Waals surface area contributed by atoms with Crippen LogP contribution in [-0.2, 0) is 16.1 Å². The van der Waals surface area contributed by atoms with Crippen LogP contribution in [0.15, 0.2) is 85.2 Å². The first-order valence-electron chi connectivity index (χ1n) is 13.9. The highest BCUT2D eigenvalue weighted by molar-refractivity contribution is 6.16. The lowest BCUT2D eigenvalue weighted by atomic mass is 10.0. The minimum absolute atomic E-state index is 0.125. The quantitative estimate of drug-likeness (QED) is 0.186. The molecule has 3 aromatic carbocycles. The van der Waals surface area contributed by atoms with Crippen molar-refractivity contribution in [3.8, 4) is 22.6 Å². The van der Waals surface area contributed by atoms with Crippen molar-refractivity contribution in [2.75, 3.05) is 24.7 Å². The summed E-state index contributed by atoms with van der Waals surface area (Å²) in [5.74, 6) is -2.58. The summed E-state index contributed by atoms with van der Waals surface area (Å²) in [6.07, 6.45) is 3.81. The third kappa shape index (κ3) is 5.73. The van der Waals surface area contributed by atoms with Crippen molar-refractivity contribution in [3.05, 3.63) is 108 Å². The molecule has 0 unspecified atom stereocenters. The van der Waals surface area contributed by atoms with Crippen LogP contribution in [0.2, 0.25) is 0 Å². The maximum Gasteiger partial charge on any atom is 0.240 e. The molecule has 0 saturated heterocycles.